The number of hydrogen-bond acceptors (Lipinski definition) is 3. The van der Waals surface area contributed by atoms with E-state index in [2.05, 4.69) is 44.8 Å². The monoisotopic (exact) mass is 335 g/mol. The zero-order valence-electron chi connectivity index (χ0n) is 15.4. The van der Waals surface area contributed by atoms with E-state index in [-0.39, 0.29) is 0 Å². The predicted octanol–water partition coefficient (Wildman–Crippen LogP) is 2.55. The quantitative estimate of drug-likeness (QED) is 0.451. The molecule has 1 saturated heterocycles. The second-order valence-corrected chi connectivity index (χ2v) is 6.58. The molecular weight excluding hydrogens is 302 g/mol. The molecule has 1 aromatic heterocycles. The normalized spacial score (nSPS) is 22.0. The molecule has 0 spiro atoms. The fourth-order valence-corrected chi connectivity index (χ4v) is 3.15. The van der Waals surface area contributed by atoms with Crippen LogP contribution in [0.15, 0.2) is 23.7 Å². The fraction of sp³-hybridized carbons (Fsp3) is 0.778. The zero-order valence-corrected chi connectivity index (χ0v) is 15.4. The molecule has 6 heteroatoms. The number of guanidine groups is 1. The van der Waals surface area contributed by atoms with Crippen LogP contribution in [0.4, 0.5) is 0 Å². The Kier molecular flexibility index (Phi) is 8.08. The molecule has 0 amide bonds. The molecule has 1 N–H and O–H groups in total. The van der Waals surface area contributed by atoms with Crippen LogP contribution < -0.4 is 5.32 Å². The zero-order chi connectivity index (χ0) is 17.2. The van der Waals surface area contributed by atoms with Crippen molar-refractivity contribution in [3.8, 4) is 0 Å². The summed E-state index contributed by atoms with van der Waals surface area (Å²) < 4.78 is 7.84. The summed E-state index contributed by atoms with van der Waals surface area (Å²) in [6.45, 7) is 9.14. The number of imidazole rings is 1. The average Bonchev–Trinajstić information content (AvgIpc) is 3.12. The summed E-state index contributed by atoms with van der Waals surface area (Å²) in [6, 6.07) is 0.456. The largest absolute Gasteiger partial charge is 0.381 e. The number of nitrogens with one attached hydrogen (secondary N) is 1. The predicted molar refractivity (Wildman–Crippen MR) is 98.3 cm³/mol. The third-order valence-corrected chi connectivity index (χ3v) is 4.73. The van der Waals surface area contributed by atoms with Gasteiger partial charge in [0, 0.05) is 52.3 Å². The van der Waals surface area contributed by atoms with Crippen molar-refractivity contribution in [3.63, 3.8) is 0 Å². The minimum atomic E-state index is 0.456. The van der Waals surface area contributed by atoms with Crippen LogP contribution >= 0.6 is 0 Å². The molecule has 24 heavy (non-hydrogen) atoms. The number of rotatable bonds is 8. The van der Waals surface area contributed by atoms with Crippen LogP contribution in [0, 0.1) is 5.92 Å². The molecule has 1 fully saturated rings. The Morgan fingerprint density at radius 3 is 2.92 bits per heavy atom. The molecule has 2 atom stereocenters. The minimum Gasteiger partial charge on any atom is -0.381 e. The van der Waals surface area contributed by atoms with E-state index in [0.29, 0.717) is 12.0 Å². The molecule has 1 aromatic rings. The first kappa shape index (κ1) is 18.8. The van der Waals surface area contributed by atoms with Crippen LogP contribution in [-0.4, -0.2) is 60.3 Å². The molecule has 2 rings (SSSR count). The molecule has 1 aliphatic heterocycles. The van der Waals surface area contributed by atoms with Crippen LogP contribution in [0.5, 0.6) is 0 Å². The highest BCUT2D eigenvalue weighted by Gasteiger charge is 2.28. The first-order valence-corrected chi connectivity index (χ1v) is 9.27. The fourth-order valence-electron chi connectivity index (χ4n) is 3.15. The summed E-state index contributed by atoms with van der Waals surface area (Å²) in [5.41, 5.74) is 0. The second kappa shape index (κ2) is 10.3. The van der Waals surface area contributed by atoms with Gasteiger partial charge < -0.3 is 19.5 Å². The summed E-state index contributed by atoms with van der Waals surface area (Å²) >= 11 is 0. The van der Waals surface area contributed by atoms with Crippen molar-refractivity contribution in [1.82, 2.24) is 19.8 Å². The van der Waals surface area contributed by atoms with Crippen molar-refractivity contribution in [2.75, 3.05) is 39.9 Å². The number of hydrogen-bond donors (Lipinski definition) is 1. The number of aromatic nitrogens is 2. The smallest absolute Gasteiger partial charge is 0.193 e. The number of likely N-dealkylation sites (tertiary alicyclic amines) is 1. The van der Waals surface area contributed by atoms with Crippen molar-refractivity contribution < 1.29 is 4.74 Å². The van der Waals surface area contributed by atoms with Gasteiger partial charge in [-0.15, -0.1) is 0 Å². The van der Waals surface area contributed by atoms with Crippen LogP contribution in [0.3, 0.4) is 0 Å². The van der Waals surface area contributed by atoms with E-state index in [1.807, 2.05) is 19.6 Å². The van der Waals surface area contributed by atoms with E-state index in [0.717, 1.165) is 51.6 Å². The Bertz CT molecular complexity index is 474. The molecule has 2 unspecified atom stereocenters. The maximum atomic E-state index is 5.61. The van der Waals surface area contributed by atoms with Gasteiger partial charge in [-0.25, -0.2) is 4.98 Å². The summed E-state index contributed by atoms with van der Waals surface area (Å²) in [4.78, 5) is 11.0. The Morgan fingerprint density at radius 1 is 1.38 bits per heavy atom. The topological polar surface area (TPSA) is 54.7 Å². The van der Waals surface area contributed by atoms with Gasteiger partial charge in [-0.1, -0.05) is 20.3 Å². The first-order valence-electron chi connectivity index (χ1n) is 9.27. The Hall–Kier alpha value is -1.56. The maximum absolute atomic E-state index is 5.61. The molecule has 6 nitrogen and oxygen atoms in total. The summed E-state index contributed by atoms with van der Waals surface area (Å²) in [6.07, 6.45) is 10.4. The highest BCUT2D eigenvalue weighted by Crippen LogP contribution is 2.27. The molecule has 0 aromatic carbocycles. The Labute approximate surface area is 146 Å². The summed E-state index contributed by atoms with van der Waals surface area (Å²) in [5, 5.41) is 3.48. The summed E-state index contributed by atoms with van der Waals surface area (Å²) in [7, 11) is 1.87. The van der Waals surface area contributed by atoms with E-state index in [4.69, 9.17) is 4.74 Å². The van der Waals surface area contributed by atoms with Crippen LogP contribution in [-0.2, 0) is 4.74 Å². The first-order chi connectivity index (χ1) is 11.8. The maximum Gasteiger partial charge on any atom is 0.193 e. The third kappa shape index (κ3) is 5.51. The van der Waals surface area contributed by atoms with Crippen LogP contribution in [0.25, 0.3) is 0 Å². The lowest BCUT2D eigenvalue weighted by Gasteiger charge is -2.39. The molecule has 2 heterocycles. The van der Waals surface area contributed by atoms with Crippen molar-refractivity contribution in [2.45, 2.75) is 45.6 Å². The number of piperidine rings is 1. The SMILES string of the molecule is CCCCOCCCNC(=NC)N1CCC(C)C(n2ccnc2)C1. The van der Waals surface area contributed by atoms with E-state index in [9.17, 15) is 0 Å². The lowest BCUT2D eigenvalue weighted by molar-refractivity contribution is 0.129. The molecule has 0 aliphatic carbocycles. The molecule has 0 radical (unpaired) electrons. The van der Waals surface area contributed by atoms with Crippen LogP contribution in [0.2, 0.25) is 0 Å². The number of unbranched alkanes of at least 4 members (excludes halogenated alkanes) is 1. The van der Waals surface area contributed by atoms with E-state index in [1.54, 1.807) is 0 Å². The molecular formula is C18H33N5O. The molecule has 136 valence electrons. The Balaban J connectivity index is 1.76. The van der Waals surface area contributed by atoms with Crippen molar-refractivity contribution in [3.05, 3.63) is 18.7 Å². The van der Waals surface area contributed by atoms with Gasteiger partial charge in [0.25, 0.3) is 0 Å². The van der Waals surface area contributed by atoms with Gasteiger partial charge in [0.15, 0.2) is 5.96 Å². The van der Waals surface area contributed by atoms with Gasteiger partial charge in [0.1, 0.15) is 0 Å². The lowest BCUT2D eigenvalue weighted by Crippen LogP contribution is -2.49. The third-order valence-electron chi connectivity index (χ3n) is 4.73. The highest BCUT2D eigenvalue weighted by molar-refractivity contribution is 5.80. The standard InChI is InChI=1S/C18H33N5O/c1-4-5-12-24-13-6-8-21-18(19-3)22-10-7-16(2)17(14-22)23-11-9-20-15-23/h9,11,15-17H,4-8,10,12-14H2,1-3H3,(H,19,21). The van der Waals surface area contributed by atoms with Gasteiger partial charge in [-0.2, -0.15) is 0 Å². The van der Waals surface area contributed by atoms with E-state index < -0.39 is 0 Å². The second-order valence-electron chi connectivity index (χ2n) is 6.58. The number of ether oxygens (including phenoxy) is 1. The van der Waals surface area contributed by atoms with Crippen molar-refractivity contribution in [2.24, 2.45) is 10.9 Å². The van der Waals surface area contributed by atoms with Crippen molar-refractivity contribution >= 4 is 5.96 Å². The van der Waals surface area contributed by atoms with Crippen molar-refractivity contribution in [1.29, 1.82) is 0 Å². The van der Waals surface area contributed by atoms with Gasteiger partial charge in [0.05, 0.1) is 12.4 Å². The van der Waals surface area contributed by atoms with Gasteiger partial charge in [0.2, 0.25) is 0 Å². The van der Waals surface area contributed by atoms with E-state index >= 15 is 0 Å². The van der Waals surface area contributed by atoms with Gasteiger partial charge >= 0.3 is 0 Å². The number of nitrogens with zero attached hydrogens (tertiary/aromatic N) is 4. The average molecular weight is 335 g/mol. The van der Waals surface area contributed by atoms with Gasteiger partial charge in [-0.05, 0) is 25.2 Å². The van der Waals surface area contributed by atoms with Gasteiger partial charge in [-0.3, -0.25) is 4.99 Å². The number of aliphatic imine (C=N–C) groups is 1. The van der Waals surface area contributed by atoms with Crippen LogP contribution in [0.1, 0.15) is 45.6 Å². The molecule has 1 aliphatic rings. The molecule has 0 saturated carbocycles. The van der Waals surface area contributed by atoms with E-state index in [1.165, 1.54) is 12.8 Å². The minimum absolute atomic E-state index is 0.456. The molecule has 0 bridgehead atoms. The highest BCUT2D eigenvalue weighted by atomic mass is 16.5. The summed E-state index contributed by atoms with van der Waals surface area (Å²) in [5.74, 6) is 1.65. The Morgan fingerprint density at radius 2 is 2.21 bits per heavy atom. The lowest BCUT2D eigenvalue weighted by atomic mass is 9.93.